The van der Waals surface area contributed by atoms with Crippen LogP contribution in [0.3, 0.4) is 0 Å². The summed E-state index contributed by atoms with van der Waals surface area (Å²) in [5.74, 6) is -1.32. The smallest absolute Gasteiger partial charge is 0.336 e. The van der Waals surface area contributed by atoms with Crippen molar-refractivity contribution in [3.63, 3.8) is 0 Å². The fourth-order valence-corrected chi connectivity index (χ4v) is 2.35. The average molecular weight is 268 g/mol. The minimum absolute atomic E-state index is 0.0810. The van der Waals surface area contributed by atoms with E-state index < -0.39 is 5.97 Å². The molecule has 0 aliphatic heterocycles. The van der Waals surface area contributed by atoms with Crippen LogP contribution in [-0.2, 0) is 0 Å². The molecule has 0 saturated heterocycles. The van der Waals surface area contributed by atoms with Gasteiger partial charge in [0.2, 0.25) is 0 Å². The first kappa shape index (κ1) is 14.0. The number of carboxylic acids is 1. The number of hydrogen-bond donors (Lipinski definition) is 1. The van der Waals surface area contributed by atoms with Crippen LogP contribution in [0.25, 0.3) is 0 Å². The first-order valence-electron chi connectivity index (χ1n) is 6.36. The van der Waals surface area contributed by atoms with Crippen molar-refractivity contribution in [2.24, 2.45) is 0 Å². The molecule has 0 aliphatic carbocycles. The first-order chi connectivity index (χ1) is 9.41. The van der Waals surface area contributed by atoms with E-state index in [0.29, 0.717) is 11.1 Å². The summed E-state index contributed by atoms with van der Waals surface area (Å²) in [4.78, 5) is 24.0. The zero-order chi connectivity index (χ0) is 14.9. The Bertz CT molecular complexity index is 699. The summed E-state index contributed by atoms with van der Waals surface area (Å²) in [5.41, 5.74) is 3.38. The molecule has 2 rings (SSSR count). The lowest BCUT2D eigenvalue weighted by atomic mass is 9.92. The molecular weight excluding hydrogens is 252 g/mol. The molecular formula is C17H16O3. The van der Waals surface area contributed by atoms with Crippen LogP contribution in [0.2, 0.25) is 0 Å². The van der Waals surface area contributed by atoms with E-state index in [1.807, 2.05) is 26.0 Å². The normalized spacial score (nSPS) is 10.3. The van der Waals surface area contributed by atoms with Crippen LogP contribution in [0.15, 0.2) is 36.4 Å². The Kier molecular flexibility index (Phi) is 3.70. The molecule has 0 spiro atoms. The Morgan fingerprint density at radius 1 is 0.900 bits per heavy atom. The van der Waals surface area contributed by atoms with Gasteiger partial charge in [0, 0.05) is 11.1 Å². The Morgan fingerprint density at radius 2 is 1.60 bits per heavy atom. The van der Waals surface area contributed by atoms with Gasteiger partial charge in [-0.1, -0.05) is 42.0 Å². The summed E-state index contributed by atoms with van der Waals surface area (Å²) < 4.78 is 0. The molecule has 3 nitrogen and oxygen atoms in total. The molecule has 102 valence electrons. The maximum Gasteiger partial charge on any atom is 0.336 e. The Balaban J connectivity index is 2.60. The Morgan fingerprint density at radius 3 is 2.20 bits per heavy atom. The number of benzene rings is 2. The maximum absolute atomic E-state index is 12.6. The Labute approximate surface area is 117 Å². The fourth-order valence-electron chi connectivity index (χ4n) is 2.35. The molecule has 0 fully saturated rings. The van der Waals surface area contributed by atoms with Crippen molar-refractivity contribution in [3.8, 4) is 0 Å². The highest BCUT2D eigenvalue weighted by molar-refractivity contribution is 6.15. The van der Waals surface area contributed by atoms with Gasteiger partial charge in [0.05, 0.1) is 5.56 Å². The van der Waals surface area contributed by atoms with Gasteiger partial charge in [0.25, 0.3) is 0 Å². The number of rotatable bonds is 3. The maximum atomic E-state index is 12.6. The number of carbonyl (C=O) groups is 2. The fraction of sp³-hybridized carbons (Fsp3) is 0.176. The summed E-state index contributed by atoms with van der Waals surface area (Å²) in [7, 11) is 0. The van der Waals surface area contributed by atoms with Crippen LogP contribution >= 0.6 is 0 Å². The molecule has 0 bridgehead atoms. The van der Waals surface area contributed by atoms with Crippen LogP contribution < -0.4 is 0 Å². The highest BCUT2D eigenvalue weighted by Crippen LogP contribution is 2.21. The molecule has 0 unspecified atom stereocenters. The molecule has 0 aromatic heterocycles. The van der Waals surface area contributed by atoms with Crippen LogP contribution in [0.5, 0.6) is 0 Å². The van der Waals surface area contributed by atoms with Crippen LogP contribution in [0.1, 0.15) is 43.0 Å². The quantitative estimate of drug-likeness (QED) is 0.866. The molecule has 0 heterocycles. The van der Waals surface area contributed by atoms with Gasteiger partial charge in [-0.05, 0) is 31.9 Å². The van der Waals surface area contributed by atoms with Gasteiger partial charge < -0.3 is 5.11 Å². The average Bonchev–Trinajstić information content (AvgIpc) is 2.37. The van der Waals surface area contributed by atoms with Gasteiger partial charge in [0.1, 0.15) is 0 Å². The largest absolute Gasteiger partial charge is 0.478 e. The molecule has 0 saturated carbocycles. The van der Waals surface area contributed by atoms with Crippen LogP contribution in [-0.4, -0.2) is 16.9 Å². The summed E-state index contributed by atoms with van der Waals surface area (Å²) in [6.45, 7) is 5.51. The standard InChI is InChI=1S/C17H16O3/c1-10-7-8-13(12(3)9-10)16(18)14-6-4-5-11(2)15(14)17(19)20/h4-9H,1-3H3,(H,19,20). The van der Waals surface area contributed by atoms with Crippen molar-refractivity contribution < 1.29 is 14.7 Å². The summed E-state index contributed by atoms with van der Waals surface area (Å²) in [6.07, 6.45) is 0. The van der Waals surface area contributed by atoms with Crippen molar-refractivity contribution in [1.29, 1.82) is 0 Å². The van der Waals surface area contributed by atoms with Crippen molar-refractivity contribution in [2.75, 3.05) is 0 Å². The molecule has 0 radical (unpaired) electrons. The number of aryl methyl sites for hydroxylation is 3. The third kappa shape index (κ3) is 2.48. The van der Waals surface area contributed by atoms with Gasteiger partial charge in [0.15, 0.2) is 5.78 Å². The van der Waals surface area contributed by atoms with E-state index in [1.54, 1.807) is 31.2 Å². The number of ketones is 1. The van der Waals surface area contributed by atoms with Crippen LogP contribution in [0, 0.1) is 20.8 Å². The van der Waals surface area contributed by atoms with E-state index in [4.69, 9.17) is 0 Å². The second kappa shape index (κ2) is 5.29. The lowest BCUT2D eigenvalue weighted by Crippen LogP contribution is -2.12. The molecule has 2 aromatic rings. The van der Waals surface area contributed by atoms with E-state index in [9.17, 15) is 14.7 Å². The number of aromatic carboxylic acids is 1. The lowest BCUT2D eigenvalue weighted by Gasteiger charge is -2.10. The molecule has 20 heavy (non-hydrogen) atoms. The van der Waals surface area contributed by atoms with E-state index in [1.165, 1.54) is 0 Å². The van der Waals surface area contributed by atoms with Gasteiger partial charge in [-0.2, -0.15) is 0 Å². The first-order valence-corrected chi connectivity index (χ1v) is 6.36. The molecule has 0 amide bonds. The van der Waals surface area contributed by atoms with E-state index in [0.717, 1.165) is 11.1 Å². The molecule has 3 heteroatoms. The minimum Gasteiger partial charge on any atom is -0.478 e. The molecule has 0 atom stereocenters. The predicted octanol–water partition coefficient (Wildman–Crippen LogP) is 3.54. The van der Waals surface area contributed by atoms with Gasteiger partial charge in [-0.25, -0.2) is 4.79 Å². The predicted molar refractivity (Wildman–Crippen MR) is 77.5 cm³/mol. The summed E-state index contributed by atoms with van der Waals surface area (Å²) in [6, 6.07) is 10.5. The highest BCUT2D eigenvalue weighted by atomic mass is 16.4. The minimum atomic E-state index is -1.07. The van der Waals surface area contributed by atoms with E-state index in [-0.39, 0.29) is 16.9 Å². The van der Waals surface area contributed by atoms with Crippen molar-refractivity contribution in [3.05, 3.63) is 69.8 Å². The summed E-state index contributed by atoms with van der Waals surface area (Å²) >= 11 is 0. The second-order valence-corrected chi connectivity index (χ2v) is 4.95. The number of carboxylic acid groups (broad SMARTS) is 1. The number of hydrogen-bond acceptors (Lipinski definition) is 2. The van der Waals surface area contributed by atoms with E-state index >= 15 is 0 Å². The van der Waals surface area contributed by atoms with Crippen molar-refractivity contribution in [1.82, 2.24) is 0 Å². The SMILES string of the molecule is Cc1ccc(C(=O)c2cccc(C)c2C(=O)O)c(C)c1. The second-order valence-electron chi connectivity index (χ2n) is 4.95. The van der Waals surface area contributed by atoms with Crippen LogP contribution in [0.4, 0.5) is 0 Å². The topological polar surface area (TPSA) is 54.4 Å². The number of carbonyl (C=O) groups excluding carboxylic acids is 1. The summed E-state index contributed by atoms with van der Waals surface area (Å²) in [5, 5.41) is 9.30. The zero-order valence-electron chi connectivity index (χ0n) is 11.7. The van der Waals surface area contributed by atoms with Gasteiger partial charge in [-0.3, -0.25) is 4.79 Å². The monoisotopic (exact) mass is 268 g/mol. The van der Waals surface area contributed by atoms with Crippen molar-refractivity contribution >= 4 is 11.8 Å². The zero-order valence-corrected chi connectivity index (χ0v) is 11.7. The third-order valence-corrected chi connectivity index (χ3v) is 3.36. The van der Waals surface area contributed by atoms with E-state index in [2.05, 4.69) is 0 Å². The third-order valence-electron chi connectivity index (χ3n) is 3.36. The van der Waals surface area contributed by atoms with Gasteiger partial charge >= 0.3 is 5.97 Å². The van der Waals surface area contributed by atoms with Crippen molar-refractivity contribution in [2.45, 2.75) is 20.8 Å². The molecule has 2 aromatic carbocycles. The molecule has 1 N–H and O–H groups in total. The van der Waals surface area contributed by atoms with Gasteiger partial charge in [-0.15, -0.1) is 0 Å². The lowest BCUT2D eigenvalue weighted by molar-refractivity contribution is 0.0692. The highest BCUT2D eigenvalue weighted by Gasteiger charge is 2.20. The molecule has 0 aliphatic rings. The Hall–Kier alpha value is -2.42.